The predicted octanol–water partition coefficient (Wildman–Crippen LogP) is 1.15. The van der Waals surface area contributed by atoms with Crippen molar-refractivity contribution in [3.63, 3.8) is 0 Å². The molecule has 0 aromatic heterocycles. The van der Waals surface area contributed by atoms with Gasteiger partial charge in [0.25, 0.3) is 5.91 Å². The van der Waals surface area contributed by atoms with E-state index in [1.54, 1.807) is 18.2 Å². The third kappa shape index (κ3) is 5.61. The fourth-order valence-electron chi connectivity index (χ4n) is 2.45. The quantitative estimate of drug-likeness (QED) is 0.422. The van der Waals surface area contributed by atoms with Gasteiger partial charge in [0.05, 0.1) is 46.1 Å². The number of hydrazone groups is 1. The number of hydrogen-bond acceptors (Lipinski definition) is 8. The van der Waals surface area contributed by atoms with Crippen molar-refractivity contribution in [2.45, 2.75) is 4.90 Å². The van der Waals surface area contributed by atoms with Crippen molar-refractivity contribution in [1.82, 2.24) is 10.1 Å². The standard InChI is InChI=1S/C19H23N3O7S/c1-26-15-9-8-14(10-17(15)28-3)30(24,25)21-12-18(23)22-20-11-13-6-5-7-16(27-2)19(13)29-4/h5-11,21H,12H2,1-4H3,(H,22,23)/b20-11-. The highest BCUT2D eigenvalue weighted by molar-refractivity contribution is 7.89. The highest BCUT2D eigenvalue weighted by Crippen LogP contribution is 2.30. The molecule has 2 aromatic rings. The molecule has 0 aliphatic heterocycles. The first-order valence-corrected chi connectivity index (χ1v) is 10.1. The van der Waals surface area contributed by atoms with E-state index in [9.17, 15) is 13.2 Å². The maximum absolute atomic E-state index is 12.4. The van der Waals surface area contributed by atoms with Crippen LogP contribution in [0.5, 0.6) is 23.0 Å². The summed E-state index contributed by atoms with van der Waals surface area (Å²) in [7, 11) is 1.88. The number of sulfonamides is 1. The molecular weight excluding hydrogens is 414 g/mol. The lowest BCUT2D eigenvalue weighted by Gasteiger charge is -2.11. The van der Waals surface area contributed by atoms with Crippen LogP contribution in [0.2, 0.25) is 0 Å². The van der Waals surface area contributed by atoms with Gasteiger partial charge in [-0.05, 0) is 24.3 Å². The molecule has 0 saturated heterocycles. The van der Waals surface area contributed by atoms with Gasteiger partial charge in [0.2, 0.25) is 10.0 Å². The highest BCUT2D eigenvalue weighted by atomic mass is 32.2. The summed E-state index contributed by atoms with van der Waals surface area (Å²) in [6.45, 7) is -0.511. The Hall–Kier alpha value is -3.31. The van der Waals surface area contributed by atoms with Gasteiger partial charge in [-0.2, -0.15) is 5.10 Å². The summed E-state index contributed by atoms with van der Waals surface area (Å²) in [5.41, 5.74) is 2.82. The largest absolute Gasteiger partial charge is 0.493 e. The van der Waals surface area contributed by atoms with E-state index in [0.717, 1.165) is 0 Å². The molecule has 0 radical (unpaired) electrons. The number of carbonyl (C=O) groups excluding carboxylic acids is 1. The van der Waals surface area contributed by atoms with Gasteiger partial charge in [-0.15, -0.1) is 0 Å². The molecule has 30 heavy (non-hydrogen) atoms. The molecule has 0 bridgehead atoms. The van der Waals surface area contributed by atoms with Crippen LogP contribution in [0.15, 0.2) is 46.4 Å². The summed E-state index contributed by atoms with van der Waals surface area (Å²) >= 11 is 0. The summed E-state index contributed by atoms with van der Waals surface area (Å²) in [4.78, 5) is 11.9. The molecule has 1 amide bonds. The molecule has 0 aliphatic rings. The number of amides is 1. The predicted molar refractivity (Wildman–Crippen MR) is 110 cm³/mol. The summed E-state index contributed by atoms with van der Waals surface area (Å²) in [6.07, 6.45) is 1.36. The number of para-hydroxylation sites is 1. The van der Waals surface area contributed by atoms with Crippen molar-refractivity contribution in [2.75, 3.05) is 35.0 Å². The summed E-state index contributed by atoms with van der Waals surface area (Å²) < 4.78 is 47.6. The molecule has 0 atom stereocenters. The number of nitrogens with zero attached hydrogens (tertiary/aromatic N) is 1. The van der Waals surface area contributed by atoms with Gasteiger partial charge >= 0.3 is 0 Å². The number of benzene rings is 2. The molecule has 162 valence electrons. The molecule has 0 saturated carbocycles. The Kier molecular flexibility index (Phi) is 8.01. The van der Waals surface area contributed by atoms with Gasteiger partial charge in [-0.3, -0.25) is 4.79 Å². The maximum Gasteiger partial charge on any atom is 0.255 e. The Balaban J connectivity index is 2.00. The summed E-state index contributed by atoms with van der Waals surface area (Å²) in [5, 5.41) is 3.82. The van der Waals surface area contributed by atoms with E-state index >= 15 is 0 Å². The van der Waals surface area contributed by atoms with Crippen LogP contribution < -0.4 is 29.1 Å². The van der Waals surface area contributed by atoms with Crippen LogP contribution in [0.25, 0.3) is 0 Å². The lowest BCUT2D eigenvalue weighted by Crippen LogP contribution is -2.34. The number of hydrogen-bond donors (Lipinski definition) is 2. The van der Waals surface area contributed by atoms with Crippen LogP contribution in [0.4, 0.5) is 0 Å². The second kappa shape index (κ2) is 10.5. The zero-order chi connectivity index (χ0) is 22.1. The minimum absolute atomic E-state index is 0.0717. The Labute approximate surface area is 174 Å². The Bertz CT molecular complexity index is 1020. The fraction of sp³-hybridized carbons (Fsp3) is 0.263. The first-order valence-electron chi connectivity index (χ1n) is 8.60. The molecule has 10 nitrogen and oxygen atoms in total. The van der Waals surface area contributed by atoms with Crippen LogP contribution in [0.3, 0.4) is 0 Å². The van der Waals surface area contributed by atoms with Gasteiger partial charge in [0, 0.05) is 11.6 Å². The van der Waals surface area contributed by atoms with E-state index in [1.807, 2.05) is 0 Å². The first kappa shape index (κ1) is 23.0. The van der Waals surface area contributed by atoms with Crippen LogP contribution in [0.1, 0.15) is 5.56 Å². The van der Waals surface area contributed by atoms with Crippen LogP contribution in [-0.4, -0.2) is 55.5 Å². The van der Waals surface area contributed by atoms with Gasteiger partial charge in [-0.25, -0.2) is 18.6 Å². The smallest absolute Gasteiger partial charge is 0.255 e. The minimum atomic E-state index is -3.94. The third-order valence-corrected chi connectivity index (χ3v) is 5.31. The van der Waals surface area contributed by atoms with Crippen molar-refractivity contribution >= 4 is 22.1 Å². The average molecular weight is 437 g/mol. The number of nitrogens with one attached hydrogen (secondary N) is 2. The van der Waals surface area contributed by atoms with E-state index in [4.69, 9.17) is 18.9 Å². The maximum atomic E-state index is 12.4. The molecule has 0 heterocycles. The van der Waals surface area contributed by atoms with E-state index in [0.29, 0.717) is 22.8 Å². The lowest BCUT2D eigenvalue weighted by molar-refractivity contribution is -0.119. The average Bonchev–Trinajstić information content (AvgIpc) is 2.76. The van der Waals surface area contributed by atoms with Crippen molar-refractivity contribution in [2.24, 2.45) is 5.10 Å². The fourth-order valence-corrected chi connectivity index (χ4v) is 3.45. The van der Waals surface area contributed by atoms with Gasteiger partial charge in [-0.1, -0.05) is 6.07 Å². The molecule has 0 unspecified atom stereocenters. The molecule has 0 aliphatic carbocycles. The highest BCUT2D eigenvalue weighted by Gasteiger charge is 2.18. The minimum Gasteiger partial charge on any atom is -0.493 e. The van der Waals surface area contributed by atoms with Crippen LogP contribution in [0, 0.1) is 0 Å². The molecule has 11 heteroatoms. The number of methoxy groups -OCH3 is 4. The van der Waals surface area contributed by atoms with Gasteiger partial charge in [0.1, 0.15) is 0 Å². The zero-order valence-electron chi connectivity index (χ0n) is 17.0. The molecule has 2 rings (SSSR count). The Morgan fingerprint density at radius 1 is 0.967 bits per heavy atom. The van der Waals surface area contributed by atoms with E-state index < -0.39 is 22.5 Å². The monoisotopic (exact) mass is 437 g/mol. The molecule has 0 spiro atoms. The van der Waals surface area contributed by atoms with Crippen molar-refractivity contribution in [1.29, 1.82) is 0 Å². The van der Waals surface area contributed by atoms with Crippen molar-refractivity contribution in [3.05, 3.63) is 42.0 Å². The Morgan fingerprint density at radius 2 is 1.67 bits per heavy atom. The number of ether oxygens (including phenoxy) is 4. The van der Waals surface area contributed by atoms with Crippen molar-refractivity contribution in [3.8, 4) is 23.0 Å². The van der Waals surface area contributed by atoms with E-state index in [2.05, 4.69) is 15.2 Å². The zero-order valence-corrected chi connectivity index (χ0v) is 17.8. The summed E-state index contributed by atoms with van der Waals surface area (Å²) in [6, 6.07) is 9.27. The molecule has 2 N–H and O–H groups in total. The Morgan fingerprint density at radius 3 is 2.30 bits per heavy atom. The summed E-state index contributed by atoms with van der Waals surface area (Å²) in [5.74, 6) is 0.943. The molecule has 0 fully saturated rings. The topological polar surface area (TPSA) is 125 Å². The van der Waals surface area contributed by atoms with Crippen LogP contribution in [-0.2, 0) is 14.8 Å². The van der Waals surface area contributed by atoms with Gasteiger partial charge in [0.15, 0.2) is 23.0 Å². The lowest BCUT2D eigenvalue weighted by atomic mass is 10.2. The van der Waals surface area contributed by atoms with Crippen LogP contribution >= 0.6 is 0 Å². The first-order chi connectivity index (χ1) is 14.4. The number of carbonyl (C=O) groups is 1. The second-order valence-electron chi connectivity index (χ2n) is 5.72. The second-order valence-corrected chi connectivity index (χ2v) is 7.48. The SMILES string of the molecule is COc1ccc(S(=O)(=O)NCC(=O)N/N=C\c2cccc(OC)c2OC)cc1OC. The van der Waals surface area contributed by atoms with E-state index in [1.165, 1.54) is 52.9 Å². The van der Waals surface area contributed by atoms with Crippen molar-refractivity contribution < 1.29 is 32.2 Å². The molecule has 2 aromatic carbocycles. The normalized spacial score (nSPS) is 11.2. The van der Waals surface area contributed by atoms with Gasteiger partial charge < -0.3 is 18.9 Å². The number of rotatable bonds is 10. The molecular formula is C19H23N3O7S. The third-order valence-electron chi connectivity index (χ3n) is 3.91. The van der Waals surface area contributed by atoms with E-state index in [-0.39, 0.29) is 10.6 Å².